The van der Waals surface area contributed by atoms with Crippen molar-refractivity contribution in [3.63, 3.8) is 0 Å². The van der Waals surface area contributed by atoms with E-state index in [-0.39, 0.29) is 11.8 Å². The van der Waals surface area contributed by atoms with Gasteiger partial charge in [-0.15, -0.1) is 0 Å². The van der Waals surface area contributed by atoms with E-state index in [0.29, 0.717) is 36.7 Å². The summed E-state index contributed by atoms with van der Waals surface area (Å²) in [6.45, 7) is 4.51. The van der Waals surface area contributed by atoms with Crippen LogP contribution in [0.25, 0.3) is 11.3 Å². The van der Waals surface area contributed by atoms with Gasteiger partial charge in [0.15, 0.2) is 9.84 Å². The number of nitrogens with two attached hydrogens (primary N) is 1. The van der Waals surface area contributed by atoms with Crippen LogP contribution < -0.4 is 21.3 Å². The summed E-state index contributed by atoms with van der Waals surface area (Å²) in [5.41, 5.74) is 11.0. The highest BCUT2D eigenvalue weighted by Crippen LogP contribution is 2.36. The monoisotopic (exact) mass is 534 g/mol. The summed E-state index contributed by atoms with van der Waals surface area (Å²) >= 11 is 0. The normalized spacial score (nSPS) is 22.0. The Balaban J connectivity index is 1.09. The van der Waals surface area contributed by atoms with Crippen LogP contribution in [0, 0.1) is 6.92 Å². The third kappa shape index (κ3) is 4.93. The van der Waals surface area contributed by atoms with E-state index in [9.17, 15) is 8.42 Å². The molecule has 10 nitrogen and oxygen atoms in total. The number of likely N-dealkylation sites (N-methyl/N-ethyl adjacent to an activating group) is 1. The molecule has 4 N–H and O–H groups in total. The molecule has 2 bridgehead atoms. The smallest absolute Gasteiger partial charge is 0.227 e. The maximum absolute atomic E-state index is 12.2. The van der Waals surface area contributed by atoms with Crippen LogP contribution in [0.2, 0.25) is 0 Å². The van der Waals surface area contributed by atoms with E-state index in [1.54, 1.807) is 18.5 Å². The average molecular weight is 535 g/mol. The molecule has 1 aromatic carbocycles. The van der Waals surface area contributed by atoms with Crippen LogP contribution in [0.15, 0.2) is 48.8 Å². The van der Waals surface area contributed by atoms with Gasteiger partial charge in [0.2, 0.25) is 5.95 Å². The molecule has 3 fully saturated rings. The molecule has 200 valence electrons. The van der Waals surface area contributed by atoms with Gasteiger partial charge in [0, 0.05) is 61.0 Å². The molecule has 3 atom stereocenters. The first-order valence-electron chi connectivity index (χ1n) is 13.1. The second kappa shape index (κ2) is 9.79. The molecule has 1 saturated carbocycles. The lowest BCUT2D eigenvalue weighted by Gasteiger charge is -2.34. The SMILES string of the molecule is Cc1cc(Nc2nccc(-c3ccc(NCC(N)S(=O)(=O)C4CC4)nc3)n2)ccc1N1C[C@@H]2C[C@H]1CN2C. The van der Waals surface area contributed by atoms with Crippen LogP contribution in [0.3, 0.4) is 0 Å². The maximum atomic E-state index is 12.2. The van der Waals surface area contributed by atoms with Crippen molar-refractivity contribution in [2.45, 2.75) is 48.9 Å². The maximum Gasteiger partial charge on any atom is 0.227 e. The summed E-state index contributed by atoms with van der Waals surface area (Å²) < 4.78 is 24.5. The van der Waals surface area contributed by atoms with E-state index >= 15 is 0 Å². The van der Waals surface area contributed by atoms with E-state index in [0.717, 1.165) is 30.0 Å². The first-order valence-corrected chi connectivity index (χ1v) is 14.7. The van der Waals surface area contributed by atoms with Crippen molar-refractivity contribution in [2.75, 3.05) is 42.2 Å². The number of aryl methyl sites for hydroxylation is 1. The largest absolute Gasteiger partial charge is 0.367 e. The lowest BCUT2D eigenvalue weighted by atomic mass is 10.1. The summed E-state index contributed by atoms with van der Waals surface area (Å²) in [5.74, 6) is 1.07. The van der Waals surface area contributed by atoms with Crippen molar-refractivity contribution < 1.29 is 8.42 Å². The van der Waals surface area contributed by atoms with Crippen molar-refractivity contribution in [1.29, 1.82) is 0 Å². The fourth-order valence-electron chi connectivity index (χ4n) is 5.54. The number of rotatable bonds is 9. The summed E-state index contributed by atoms with van der Waals surface area (Å²) in [7, 11) is -1.05. The first kappa shape index (κ1) is 25.0. The Bertz CT molecular complexity index is 1430. The third-order valence-electron chi connectivity index (χ3n) is 7.89. The number of piperazine rings is 1. The van der Waals surface area contributed by atoms with Gasteiger partial charge >= 0.3 is 0 Å². The van der Waals surface area contributed by atoms with Gasteiger partial charge in [0.25, 0.3) is 0 Å². The Morgan fingerprint density at radius 1 is 1.11 bits per heavy atom. The number of anilines is 4. The summed E-state index contributed by atoms with van der Waals surface area (Å²) in [4.78, 5) is 18.5. The fraction of sp³-hybridized carbons (Fsp3) is 0.444. The van der Waals surface area contributed by atoms with E-state index in [1.165, 1.54) is 17.7 Å². The summed E-state index contributed by atoms with van der Waals surface area (Å²) in [6.07, 6.45) is 6.09. The van der Waals surface area contributed by atoms with Crippen LogP contribution >= 0.6 is 0 Å². The first-order chi connectivity index (χ1) is 18.3. The minimum atomic E-state index is -3.27. The van der Waals surface area contributed by atoms with Crippen molar-refractivity contribution >= 4 is 33.0 Å². The van der Waals surface area contributed by atoms with E-state index < -0.39 is 15.2 Å². The topological polar surface area (TPSA) is 129 Å². The van der Waals surface area contributed by atoms with Crippen molar-refractivity contribution in [3.8, 4) is 11.3 Å². The summed E-state index contributed by atoms with van der Waals surface area (Å²) in [5, 5.41) is 5.15. The highest BCUT2D eigenvalue weighted by atomic mass is 32.2. The molecule has 3 aromatic rings. The highest BCUT2D eigenvalue weighted by Gasteiger charge is 2.42. The van der Waals surface area contributed by atoms with Crippen molar-refractivity contribution in [2.24, 2.45) is 5.73 Å². The van der Waals surface area contributed by atoms with Gasteiger partial charge < -0.3 is 21.3 Å². The Kier molecular flexibility index (Phi) is 6.45. The molecule has 38 heavy (non-hydrogen) atoms. The lowest BCUT2D eigenvalue weighted by molar-refractivity contribution is 0.292. The van der Waals surface area contributed by atoms with Crippen molar-refractivity contribution in [1.82, 2.24) is 19.9 Å². The molecule has 1 unspecified atom stereocenters. The predicted molar refractivity (Wildman–Crippen MR) is 150 cm³/mol. The number of hydrogen-bond acceptors (Lipinski definition) is 10. The second-order valence-electron chi connectivity index (χ2n) is 10.7. The zero-order valence-corrected chi connectivity index (χ0v) is 22.5. The second-order valence-corrected chi connectivity index (χ2v) is 13.1. The van der Waals surface area contributed by atoms with Gasteiger partial charge in [0.05, 0.1) is 10.9 Å². The minimum absolute atomic E-state index is 0.126. The van der Waals surface area contributed by atoms with Crippen molar-refractivity contribution in [3.05, 3.63) is 54.4 Å². The predicted octanol–water partition coefficient (Wildman–Crippen LogP) is 2.76. The molecule has 4 heterocycles. The quantitative estimate of drug-likeness (QED) is 0.377. The van der Waals surface area contributed by atoms with Gasteiger partial charge in [-0.2, -0.15) is 0 Å². The van der Waals surface area contributed by atoms with Gasteiger partial charge in [0.1, 0.15) is 11.2 Å². The molecule has 6 rings (SSSR count). The molecule has 1 aliphatic carbocycles. The Labute approximate surface area is 223 Å². The van der Waals surface area contributed by atoms with E-state index in [2.05, 4.69) is 67.6 Å². The molecular formula is C27H34N8O2S. The van der Waals surface area contributed by atoms with Gasteiger partial charge in [-0.25, -0.2) is 23.4 Å². The van der Waals surface area contributed by atoms with Crippen LogP contribution in [0.4, 0.5) is 23.1 Å². The lowest BCUT2D eigenvalue weighted by Crippen LogP contribution is -2.44. The Morgan fingerprint density at radius 3 is 2.61 bits per heavy atom. The summed E-state index contributed by atoms with van der Waals surface area (Å²) in [6, 6.07) is 13.2. The average Bonchev–Trinajstić information content (AvgIpc) is 3.62. The van der Waals surface area contributed by atoms with E-state index in [4.69, 9.17) is 5.73 Å². The molecule has 0 amide bonds. The standard InChI is InChI=1S/C27H34N8O2S/c1-17-11-19(4-7-24(17)35-16-20-12-21(35)15-34(20)2)32-27-29-10-9-23(33-27)18-3-8-26(30-13-18)31-14-25(28)38(36,37)22-5-6-22/h3-4,7-11,13,20-22,25H,5-6,12,14-16,28H2,1-2H3,(H,30,31)(H,29,32,33)/t20-,21-,25?/m0/s1. The highest BCUT2D eigenvalue weighted by molar-refractivity contribution is 7.92. The third-order valence-corrected chi connectivity index (χ3v) is 10.3. The minimum Gasteiger partial charge on any atom is -0.367 e. The Hall–Kier alpha value is -3.28. The molecule has 0 radical (unpaired) electrons. The number of likely N-dealkylation sites (tertiary alicyclic amines) is 1. The number of hydrogen-bond donors (Lipinski definition) is 3. The number of nitrogens with zero attached hydrogens (tertiary/aromatic N) is 5. The van der Waals surface area contributed by atoms with Crippen LogP contribution in [-0.4, -0.2) is 77.7 Å². The van der Waals surface area contributed by atoms with Crippen LogP contribution in [0.5, 0.6) is 0 Å². The molecule has 3 aliphatic rings. The van der Waals surface area contributed by atoms with Crippen LogP contribution in [-0.2, 0) is 9.84 Å². The molecular weight excluding hydrogens is 500 g/mol. The zero-order chi connectivity index (χ0) is 26.4. The molecule has 11 heteroatoms. The molecule has 2 saturated heterocycles. The Morgan fingerprint density at radius 2 is 1.95 bits per heavy atom. The number of benzene rings is 1. The number of fused-ring (bicyclic) bond motifs is 2. The fourth-order valence-corrected chi connectivity index (χ4v) is 7.14. The number of nitrogens with one attached hydrogen (secondary N) is 2. The van der Waals surface area contributed by atoms with Gasteiger partial charge in [-0.1, -0.05) is 0 Å². The molecule has 2 aromatic heterocycles. The molecule has 2 aliphatic heterocycles. The number of sulfone groups is 1. The van der Waals surface area contributed by atoms with Gasteiger partial charge in [-0.05, 0) is 75.2 Å². The molecule has 0 spiro atoms. The number of aromatic nitrogens is 3. The zero-order valence-electron chi connectivity index (χ0n) is 21.7. The van der Waals surface area contributed by atoms with Crippen LogP contribution in [0.1, 0.15) is 24.8 Å². The van der Waals surface area contributed by atoms with Gasteiger partial charge in [-0.3, -0.25) is 4.90 Å². The van der Waals surface area contributed by atoms with E-state index in [1.807, 2.05) is 12.1 Å². The number of pyridine rings is 1.